The zero-order valence-electron chi connectivity index (χ0n) is 13.5. The topological polar surface area (TPSA) is 57.6 Å². The Labute approximate surface area is 131 Å². The molecule has 1 atom stereocenters. The Morgan fingerprint density at radius 3 is 2.14 bits per heavy atom. The predicted octanol–water partition coefficient (Wildman–Crippen LogP) is 2.94. The first-order valence-electron chi connectivity index (χ1n) is 7.94. The van der Waals surface area contributed by atoms with E-state index in [-0.39, 0.29) is 17.2 Å². The molecule has 0 radical (unpaired) electrons. The number of aryl methyl sites for hydroxylation is 3. The maximum atomic E-state index is 12.8. The van der Waals surface area contributed by atoms with Crippen molar-refractivity contribution in [1.29, 1.82) is 0 Å². The van der Waals surface area contributed by atoms with Gasteiger partial charge in [-0.15, -0.1) is 0 Å². The molecule has 1 unspecified atom stereocenters. The Morgan fingerprint density at radius 2 is 1.68 bits per heavy atom. The molecule has 1 N–H and O–H groups in total. The standard InChI is InChI=1S/C18H23NO3/c1-11-8-12(2)15(13(3)9-11)16(20)19-6-4-18(5-7-19)10-14(18)17(21)22/h8-9,14H,4-7,10H2,1-3H3,(H,21,22). The minimum Gasteiger partial charge on any atom is -0.481 e. The van der Waals surface area contributed by atoms with Crippen LogP contribution in [-0.4, -0.2) is 35.0 Å². The first-order valence-corrected chi connectivity index (χ1v) is 7.94. The van der Waals surface area contributed by atoms with Crippen LogP contribution in [0.3, 0.4) is 0 Å². The smallest absolute Gasteiger partial charge is 0.307 e. The summed E-state index contributed by atoms with van der Waals surface area (Å²) in [5, 5.41) is 9.14. The number of nitrogens with zero attached hydrogens (tertiary/aromatic N) is 1. The summed E-state index contributed by atoms with van der Waals surface area (Å²) in [7, 11) is 0. The quantitative estimate of drug-likeness (QED) is 0.913. The molecule has 1 saturated heterocycles. The van der Waals surface area contributed by atoms with E-state index in [1.165, 1.54) is 5.56 Å². The van der Waals surface area contributed by atoms with Crippen molar-refractivity contribution in [3.8, 4) is 0 Å². The number of benzene rings is 1. The lowest BCUT2D eigenvalue weighted by Crippen LogP contribution is -2.40. The number of amides is 1. The van der Waals surface area contributed by atoms with Crippen LogP contribution in [0.2, 0.25) is 0 Å². The predicted molar refractivity (Wildman–Crippen MR) is 84.0 cm³/mol. The van der Waals surface area contributed by atoms with Crippen LogP contribution < -0.4 is 0 Å². The molecule has 3 rings (SSSR count). The molecule has 1 spiro atoms. The molecule has 1 aliphatic heterocycles. The maximum Gasteiger partial charge on any atom is 0.307 e. The van der Waals surface area contributed by atoms with Gasteiger partial charge in [0.15, 0.2) is 0 Å². The molecular formula is C18H23NO3. The van der Waals surface area contributed by atoms with Crippen LogP contribution in [0.1, 0.15) is 46.3 Å². The van der Waals surface area contributed by atoms with E-state index >= 15 is 0 Å². The van der Waals surface area contributed by atoms with E-state index in [1.54, 1.807) is 0 Å². The van der Waals surface area contributed by atoms with E-state index in [0.717, 1.165) is 36.0 Å². The summed E-state index contributed by atoms with van der Waals surface area (Å²) in [6, 6.07) is 4.10. The van der Waals surface area contributed by atoms with Crippen molar-refractivity contribution in [3.63, 3.8) is 0 Å². The molecule has 1 heterocycles. The first kappa shape index (κ1) is 15.1. The van der Waals surface area contributed by atoms with Gasteiger partial charge in [-0.2, -0.15) is 0 Å². The molecule has 1 aromatic rings. The number of carbonyl (C=O) groups excluding carboxylic acids is 1. The lowest BCUT2D eigenvalue weighted by molar-refractivity contribution is -0.139. The normalized spacial score (nSPS) is 22.7. The van der Waals surface area contributed by atoms with Gasteiger partial charge in [0.1, 0.15) is 0 Å². The van der Waals surface area contributed by atoms with Gasteiger partial charge in [0.25, 0.3) is 5.91 Å². The highest BCUT2D eigenvalue weighted by molar-refractivity contribution is 5.97. The summed E-state index contributed by atoms with van der Waals surface area (Å²) in [5.41, 5.74) is 4.01. The van der Waals surface area contributed by atoms with Gasteiger partial charge >= 0.3 is 5.97 Å². The molecule has 118 valence electrons. The van der Waals surface area contributed by atoms with Gasteiger partial charge in [0.05, 0.1) is 5.92 Å². The number of carboxylic acid groups (broad SMARTS) is 1. The fourth-order valence-electron chi connectivity index (χ4n) is 4.08. The number of aliphatic carboxylic acids is 1. The van der Waals surface area contributed by atoms with E-state index in [0.29, 0.717) is 13.1 Å². The first-order chi connectivity index (χ1) is 10.3. The zero-order valence-corrected chi connectivity index (χ0v) is 13.5. The zero-order chi connectivity index (χ0) is 16.1. The molecule has 2 aliphatic rings. The summed E-state index contributed by atoms with van der Waals surface area (Å²) in [4.78, 5) is 25.8. The van der Waals surface area contributed by atoms with Crippen molar-refractivity contribution in [2.75, 3.05) is 13.1 Å². The Balaban J connectivity index is 1.72. The fraction of sp³-hybridized carbons (Fsp3) is 0.556. The van der Waals surface area contributed by atoms with Crippen molar-refractivity contribution in [2.24, 2.45) is 11.3 Å². The Hall–Kier alpha value is -1.84. The van der Waals surface area contributed by atoms with Crippen LogP contribution in [0.5, 0.6) is 0 Å². The number of hydrogen-bond donors (Lipinski definition) is 1. The van der Waals surface area contributed by atoms with Crippen molar-refractivity contribution in [1.82, 2.24) is 4.90 Å². The third-order valence-electron chi connectivity index (χ3n) is 5.43. The third kappa shape index (κ3) is 2.40. The number of carboxylic acids is 1. The van der Waals surface area contributed by atoms with Gasteiger partial charge in [-0.25, -0.2) is 0 Å². The van der Waals surface area contributed by atoms with Crippen molar-refractivity contribution in [2.45, 2.75) is 40.0 Å². The number of likely N-dealkylation sites (tertiary alicyclic amines) is 1. The average Bonchev–Trinajstić information content (AvgIpc) is 3.12. The molecule has 4 heteroatoms. The largest absolute Gasteiger partial charge is 0.481 e. The lowest BCUT2D eigenvalue weighted by Gasteiger charge is -2.33. The van der Waals surface area contributed by atoms with E-state index in [1.807, 2.05) is 37.8 Å². The van der Waals surface area contributed by atoms with Gasteiger partial charge in [-0.05, 0) is 56.6 Å². The Morgan fingerprint density at radius 1 is 1.14 bits per heavy atom. The number of piperidine rings is 1. The molecule has 22 heavy (non-hydrogen) atoms. The summed E-state index contributed by atoms with van der Waals surface area (Å²) in [5.74, 6) is -0.769. The molecular weight excluding hydrogens is 278 g/mol. The Kier molecular flexibility index (Phi) is 3.50. The molecule has 1 saturated carbocycles. The number of carbonyl (C=O) groups is 2. The van der Waals surface area contributed by atoms with Crippen molar-refractivity contribution < 1.29 is 14.7 Å². The summed E-state index contributed by atoms with van der Waals surface area (Å²) in [6.07, 6.45) is 2.42. The second-order valence-corrected chi connectivity index (χ2v) is 7.02. The fourth-order valence-corrected chi connectivity index (χ4v) is 4.08. The van der Waals surface area contributed by atoms with Gasteiger partial charge in [-0.3, -0.25) is 9.59 Å². The summed E-state index contributed by atoms with van der Waals surface area (Å²) < 4.78 is 0. The SMILES string of the molecule is Cc1cc(C)c(C(=O)N2CCC3(CC2)CC3C(=O)O)c(C)c1. The van der Waals surface area contributed by atoms with Gasteiger partial charge < -0.3 is 10.0 Å². The van der Waals surface area contributed by atoms with Crippen LogP contribution in [0, 0.1) is 32.1 Å². The summed E-state index contributed by atoms with van der Waals surface area (Å²) >= 11 is 0. The summed E-state index contributed by atoms with van der Waals surface area (Å²) in [6.45, 7) is 7.36. The minimum atomic E-state index is -0.676. The second kappa shape index (κ2) is 5.11. The highest BCUT2D eigenvalue weighted by Crippen LogP contribution is 2.59. The highest BCUT2D eigenvalue weighted by Gasteiger charge is 2.59. The Bertz CT molecular complexity index is 619. The second-order valence-electron chi connectivity index (χ2n) is 7.02. The molecule has 0 bridgehead atoms. The van der Waals surface area contributed by atoms with Gasteiger partial charge in [0, 0.05) is 18.7 Å². The monoisotopic (exact) mass is 301 g/mol. The van der Waals surface area contributed by atoms with Crippen molar-refractivity contribution in [3.05, 3.63) is 34.4 Å². The maximum absolute atomic E-state index is 12.8. The van der Waals surface area contributed by atoms with E-state index < -0.39 is 5.97 Å². The molecule has 1 aliphatic carbocycles. The third-order valence-corrected chi connectivity index (χ3v) is 5.43. The van der Waals surface area contributed by atoms with E-state index in [4.69, 9.17) is 5.11 Å². The molecule has 1 aromatic carbocycles. The van der Waals surface area contributed by atoms with E-state index in [9.17, 15) is 9.59 Å². The van der Waals surface area contributed by atoms with E-state index in [2.05, 4.69) is 0 Å². The lowest BCUT2D eigenvalue weighted by atomic mass is 9.90. The van der Waals surface area contributed by atoms with Crippen LogP contribution >= 0.6 is 0 Å². The molecule has 2 fully saturated rings. The molecule has 1 amide bonds. The number of hydrogen-bond acceptors (Lipinski definition) is 2. The molecule has 4 nitrogen and oxygen atoms in total. The van der Waals surface area contributed by atoms with Gasteiger partial charge in [0.2, 0.25) is 0 Å². The van der Waals surface area contributed by atoms with Crippen LogP contribution in [0.4, 0.5) is 0 Å². The van der Waals surface area contributed by atoms with Crippen molar-refractivity contribution >= 4 is 11.9 Å². The van der Waals surface area contributed by atoms with Gasteiger partial charge in [-0.1, -0.05) is 17.7 Å². The minimum absolute atomic E-state index is 0.0278. The van der Waals surface area contributed by atoms with Crippen LogP contribution in [-0.2, 0) is 4.79 Å². The van der Waals surface area contributed by atoms with Crippen LogP contribution in [0.15, 0.2) is 12.1 Å². The highest BCUT2D eigenvalue weighted by atomic mass is 16.4. The molecule has 0 aromatic heterocycles. The van der Waals surface area contributed by atoms with Crippen LogP contribution in [0.25, 0.3) is 0 Å². The average molecular weight is 301 g/mol. The number of rotatable bonds is 2.